The summed E-state index contributed by atoms with van der Waals surface area (Å²) in [5.74, 6) is 0. The molecular formula is C20H14N6O3. The smallest absolute Gasteiger partial charge is 0.271 e. The Balaban J connectivity index is 1.84. The van der Waals surface area contributed by atoms with Gasteiger partial charge in [0.05, 0.1) is 51.3 Å². The molecule has 0 spiro atoms. The maximum absolute atomic E-state index is 12.9. The number of nitriles is 1. The van der Waals surface area contributed by atoms with Gasteiger partial charge in [-0.3, -0.25) is 19.5 Å². The van der Waals surface area contributed by atoms with E-state index in [1.165, 1.54) is 29.1 Å². The van der Waals surface area contributed by atoms with Crippen molar-refractivity contribution in [2.75, 3.05) is 0 Å². The molecule has 9 heteroatoms. The van der Waals surface area contributed by atoms with Gasteiger partial charge in [-0.15, -0.1) is 0 Å². The van der Waals surface area contributed by atoms with E-state index in [0.29, 0.717) is 17.0 Å². The Kier molecular flexibility index (Phi) is 4.37. The van der Waals surface area contributed by atoms with E-state index >= 15 is 0 Å². The van der Waals surface area contributed by atoms with Crippen molar-refractivity contribution in [1.82, 2.24) is 19.3 Å². The van der Waals surface area contributed by atoms with Crippen molar-refractivity contribution in [3.63, 3.8) is 0 Å². The molecule has 0 aliphatic carbocycles. The van der Waals surface area contributed by atoms with Gasteiger partial charge in [-0.2, -0.15) is 10.4 Å². The fraction of sp³-hybridized carbons (Fsp3) is 0.100. The Hall–Kier alpha value is -4.32. The lowest BCUT2D eigenvalue weighted by atomic mass is 10.2. The monoisotopic (exact) mass is 386 g/mol. The molecule has 4 aromatic rings. The summed E-state index contributed by atoms with van der Waals surface area (Å²) in [6.45, 7) is 1.82. The Labute approximate surface area is 164 Å². The summed E-state index contributed by atoms with van der Waals surface area (Å²) >= 11 is 0. The summed E-state index contributed by atoms with van der Waals surface area (Å²) < 4.78 is 3.01. The quantitative estimate of drug-likeness (QED) is 0.393. The minimum absolute atomic E-state index is 0.0807. The van der Waals surface area contributed by atoms with Crippen LogP contribution in [0.25, 0.3) is 16.6 Å². The Morgan fingerprint density at radius 3 is 2.66 bits per heavy atom. The number of aryl methyl sites for hydroxylation is 1. The molecule has 2 aromatic carbocycles. The second-order valence-corrected chi connectivity index (χ2v) is 6.40. The van der Waals surface area contributed by atoms with E-state index in [2.05, 4.69) is 16.2 Å². The number of rotatable bonds is 4. The standard InChI is InChI=1S/C20H14N6O3/c1-13-17(10-21)19(25(23-13)14-5-3-2-4-6-14)11-24-12-22-18-9-15(26(28)29)7-8-16(18)20(24)27/h2-9,12H,11H2,1H3. The van der Waals surface area contributed by atoms with E-state index in [1.807, 2.05) is 30.3 Å². The van der Waals surface area contributed by atoms with Crippen LogP contribution in [0.3, 0.4) is 0 Å². The first-order valence-corrected chi connectivity index (χ1v) is 8.67. The highest BCUT2D eigenvalue weighted by atomic mass is 16.6. The molecule has 0 bridgehead atoms. The molecular weight excluding hydrogens is 372 g/mol. The van der Waals surface area contributed by atoms with E-state index < -0.39 is 4.92 Å². The molecule has 0 unspecified atom stereocenters. The fourth-order valence-corrected chi connectivity index (χ4v) is 3.18. The van der Waals surface area contributed by atoms with Gasteiger partial charge in [0.2, 0.25) is 0 Å². The number of hydrogen-bond acceptors (Lipinski definition) is 6. The SMILES string of the molecule is Cc1nn(-c2ccccc2)c(Cn2cnc3cc([N+](=O)[O-])ccc3c2=O)c1C#N. The van der Waals surface area contributed by atoms with Gasteiger partial charge in [0.15, 0.2) is 0 Å². The molecule has 0 saturated heterocycles. The topological polar surface area (TPSA) is 120 Å². The van der Waals surface area contributed by atoms with Crippen molar-refractivity contribution in [2.24, 2.45) is 0 Å². The summed E-state index contributed by atoms with van der Waals surface area (Å²) in [7, 11) is 0. The number of para-hydroxylation sites is 1. The van der Waals surface area contributed by atoms with Crippen molar-refractivity contribution in [3.8, 4) is 11.8 Å². The highest BCUT2D eigenvalue weighted by molar-refractivity contribution is 5.79. The average molecular weight is 386 g/mol. The van der Waals surface area contributed by atoms with E-state index in [4.69, 9.17) is 0 Å². The number of benzene rings is 2. The zero-order valence-electron chi connectivity index (χ0n) is 15.3. The molecule has 0 radical (unpaired) electrons. The fourth-order valence-electron chi connectivity index (χ4n) is 3.18. The average Bonchev–Trinajstić information content (AvgIpc) is 3.05. The predicted octanol–water partition coefficient (Wildman–Crippen LogP) is 2.72. The van der Waals surface area contributed by atoms with Gasteiger partial charge < -0.3 is 0 Å². The van der Waals surface area contributed by atoms with Gasteiger partial charge in [-0.1, -0.05) is 18.2 Å². The third kappa shape index (κ3) is 3.12. The van der Waals surface area contributed by atoms with E-state index in [1.54, 1.807) is 11.6 Å². The van der Waals surface area contributed by atoms with Gasteiger partial charge >= 0.3 is 0 Å². The lowest BCUT2D eigenvalue weighted by Gasteiger charge is -2.10. The molecule has 0 aliphatic rings. The molecule has 0 aliphatic heterocycles. The second-order valence-electron chi connectivity index (χ2n) is 6.40. The van der Waals surface area contributed by atoms with Gasteiger partial charge in [0.25, 0.3) is 11.2 Å². The molecule has 0 N–H and O–H groups in total. The van der Waals surface area contributed by atoms with E-state index in [0.717, 1.165) is 5.69 Å². The van der Waals surface area contributed by atoms with Gasteiger partial charge in [0, 0.05) is 12.1 Å². The molecule has 0 amide bonds. The molecule has 2 heterocycles. The first-order valence-electron chi connectivity index (χ1n) is 8.67. The summed E-state index contributed by atoms with van der Waals surface area (Å²) in [6, 6.07) is 15.4. The Morgan fingerprint density at radius 2 is 1.97 bits per heavy atom. The molecule has 142 valence electrons. The lowest BCUT2D eigenvalue weighted by Crippen LogP contribution is -2.23. The van der Waals surface area contributed by atoms with E-state index in [9.17, 15) is 20.2 Å². The van der Waals surface area contributed by atoms with Crippen LogP contribution in [0.5, 0.6) is 0 Å². The van der Waals surface area contributed by atoms with Crippen LogP contribution in [0.4, 0.5) is 5.69 Å². The molecule has 0 saturated carbocycles. The summed E-state index contributed by atoms with van der Waals surface area (Å²) in [5, 5.41) is 25.2. The molecule has 0 fully saturated rings. The summed E-state index contributed by atoms with van der Waals surface area (Å²) in [6.07, 6.45) is 1.33. The van der Waals surface area contributed by atoms with Crippen molar-refractivity contribution in [1.29, 1.82) is 5.26 Å². The predicted molar refractivity (Wildman–Crippen MR) is 105 cm³/mol. The Bertz CT molecular complexity index is 1350. The highest BCUT2D eigenvalue weighted by Crippen LogP contribution is 2.20. The minimum atomic E-state index is -0.535. The van der Waals surface area contributed by atoms with Crippen LogP contribution >= 0.6 is 0 Å². The largest absolute Gasteiger partial charge is 0.293 e. The first-order chi connectivity index (χ1) is 14.0. The molecule has 2 aromatic heterocycles. The van der Waals surface area contributed by atoms with Crippen molar-refractivity contribution >= 4 is 16.6 Å². The van der Waals surface area contributed by atoms with Gasteiger partial charge in [-0.25, -0.2) is 9.67 Å². The Morgan fingerprint density at radius 1 is 1.21 bits per heavy atom. The van der Waals surface area contributed by atoms with Crippen LogP contribution in [0.15, 0.2) is 59.7 Å². The molecule has 4 rings (SSSR count). The lowest BCUT2D eigenvalue weighted by molar-refractivity contribution is -0.384. The molecule has 29 heavy (non-hydrogen) atoms. The van der Waals surface area contributed by atoms with Crippen molar-refractivity contribution < 1.29 is 4.92 Å². The first kappa shape index (κ1) is 18.1. The third-order valence-electron chi connectivity index (χ3n) is 4.61. The zero-order chi connectivity index (χ0) is 20.5. The number of nitro benzene ring substituents is 1. The van der Waals surface area contributed by atoms with Gasteiger partial charge in [-0.05, 0) is 25.1 Å². The van der Waals surface area contributed by atoms with Crippen molar-refractivity contribution in [2.45, 2.75) is 13.5 Å². The van der Waals surface area contributed by atoms with Crippen LogP contribution in [0.1, 0.15) is 17.0 Å². The molecule has 9 nitrogen and oxygen atoms in total. The van der Waals surface area contributed by atoms with Crippen molar-refractivity contribution in [3.05, 3.63) is 92.3 Å². The zero-order valence-corrected chi connectivity index (χ0v) is 15.3. The van der Waals surface area contributed by atoms with Crippen LogP contribution in [0, 0.1) is 28.4 Å². The number of non-ortho nitro benzene ring substituents is 1. The minimum Gasteiger partial charge on any atom is -0.293 e. The molecule has 0 atom stereocenters. The maximum atomic E-state index is 12.9. The number of nitro groups is 1. The van der Waals surface area contributed by atoms with Crippen LogP contribution < -0.4 is 5.56 Å². The van der Waals surface area contributed by atoms with Crippen LogP contribution in [0.2, 0.25) is 0 Å². The van der Waals surface area contributed by atoms with Gasteiger partial charge in [0.1, 0.15) is 6.07 Å². The summed E-state index contributed by atoms with van der Waals surface area (Å²) in [5.41, 5.74) is 2.03. The van der Waals surface area contributed by atoms with Crippen LogP contribution in [-0.4, -0.2) is 24.3 Å². The number of nitrogens with zero attached hydrogens (tertiary/aromatic N) is 6. The number of hydrogen-bond donors (Lipinski definition) is 0. The van der Waals surface area contributed by atoms with E-state index in [-0.39, 0.29) is 28.7 Å². The third-order valence-corrected chi connectivity index (χ3v) is 4.61. The number of fused-ring (bicyclic) bond motifs is 1. The normalized spacial score (nSPS) is 10.8. The van der Waals surface area contributed by atoms with Crippen LogP contribution in [-0.2, 0) is 6.54 Å². The summed E-state index contributed by atoms with van der Waals surface area (Å²) in [4.78, 5) is 27.5. The highest BCUT2D eigenvalue weighted by Gasteiger charge is 2.18. The number of aromatic nitrogens is 4. The maximum Gasteiger partial charge on any atom is 0.271 e. The second kappa shape index (κ2) is 7.01.